The highest BCUT2D eigenvalue weighted by molar-refractivity contribution is 5.29. The molecular weight excluding hydrogens is 250 g/mol. The van der Waals surface area contributed by atoms with Crippen molar-refractivity contribution in [2.75, 3.05) is 6.61 Å². The third-order valence-corrected chi connectivity index (χ3v) is 4.11. The summed E-state index contributed by atoms with van der Waals surface area (Å²) < 4.78 is 5.43. The van der Waals surface area contributed by atoms with Crippen LogP contribution in [0.3, 0.4) is 0 Å². The van der Waals surface area contributed by atoms with E-state index < -0.39 is 6.10 Å². The summed E-state index contributed by atoms with van der Waals surface area (Å²) in [5, 5.41) is 14.0. The van der Waals surface area contributed by atoms with Gasteiger partial charge in [-0.2, -0.15) is 0 Å². The van der Waals surface area contributed by atoms with Crippen LogP contribution in [-0.2, 0) is 0 Å². The number of hydrogen-bond donors (Lipinski definition) is 2. The highest BCUT2D eigenvalue weighted by atomic mass is 16.5. The molecule has 0 spiro atoms. The Labute approximate surface area is 122 Å². The first-order valence-corrected chi connectivity index (χ1v) is 7.87. The van der Waals surface area contributed by atoms with E-state index in [2.05, 4.69) is 12.2 Å². The van der Waals surface area contributed by atoms with Crippen LogP contribution in [0.2, 0.25) is 0 Å². The fraction of sp³-hybridized carbons (Fsp3) is 0.647. The molecule has 1 aliphatic rings. The first-order valence-electron chi connectivity index (χ1n) is 7.87. The Morgan fingerprint density at radius 3 is 2.45 bits per heavy atom. The molecule has 0 radical (unpaired) electrons. The van der Waals surface area contributed by atoms with Crippen molar-refractivity contribution in [3.63, 3.8) is 0 Å². The summed E-state index contributed by atoms with van der Waals surface area (Å²) in [5.41, 5.74) is 0.948. The maximum absolute atomic E-state index is 10.4. The first-order chi connectivity index (χ1) is 9.70. The van der Waals surface area contributed by atoms with Gasteiger partial charge in [0.2, 0.25) is 0 Å². The minimum atomic E-state index is -0.465. The molecule has 1 aromatic carbocycles. The number of hydrogen-bond acceptors (Lipinski definition) is 3. The van der Waals surface area contributed by atoms with Crippen LogP contribution in [0, 0.1) is 0 Å². The van der Waals surface area contributed by atoms with Crippen molar-refractivity contribution >= 4 is 0 Å². The van der Waals surface area contributed by atoms with Crippen molar-refractivity contribution in [2.45, 2.75) is 64.1 Å². The summed E-state index contributed by atoms with van der Waals surface area (Å²) in [4.78, 5) is 0. The Kier molecular flexibility index (Phi) is 5.86. The number of nitrogens with one attached hydrogen (secondary N) is 1. The molecule has 0 bridgehead atoms. The van der Waals surface area contributed by atoms with E-state index in [1.54, 1.807) is 0 Å². The quantitative estimate of drug-likeness (QED) is 0.837. The van der Waals surface area contributed by atoms with Gasteiger partial charge in [-0.3, -0.25) is 0 Å². The molecule has 0 heterocycles. The fourth-order valence-corrected chi connectivity index (χ4v) is 2.95. The second-order valence-corrected chi connectivity index (χ2v) is 5.74. The van der Waals surface area contributed by atoms with E-state index in [9.17, 15) is 5.11 Å². The smallest absolute Gasteiger partial charge is 0.119 e. The first kappa shape index (κ1) is 15.3. The second kappa shape index (κ2) is 7.65. The Hall–Kier alpha value is -1.06. The molecule has 1 fully saturated rings. The van der Waals surface area contributed by atoms with Crippen LogP contribution in [0.1, 0.15) is 57.6 Å². The summed E-state index contributed by atoms with van der Waals surface area (Å²) in [6.45, 7) is 4.70. The van der Waals surface area contributed by atoms with Crippen molar-refractivity contribution in [1.29, 1.82) is 0 Å². The highest BCUT2D eigenvalue weighted by Crippen LogP contribution is 2.23. The van der Waals surface area contributed by atoms with Crippen molar-refractivity contribution in [1.82, 2.24) is 5.32 Å². The summed E-state index contributed by atoms with van der Waals surface area (Å²) in [7, 11) is 0. The summed E-state index contributed by atoms with van der Waals surface area (Å²) in [6, 6.07) is 8.40. The lowest BCUT2D eigenvalue weighted by atomic mass is 9.94. The van der Waals surface area contributed by atoms with Crippen LogP contribution in [0.25, 0.3) is 0 Å². The minimum Gasteiger partial charge on any atom is -0.494 e. The van der Waals surface area contributed by atoms with Crippen molar-refractivity contribution in [3.8, 4) is 5.75 Å². The van der Waals surface area contributed by atoms with Gasteiger partial charge in [0.1, 0.15) is 5.75 Å². The number of aliphatic hydroxyl groups is 1. The van der Waals surface area contributed by atoms with Crippen LogP contribution in [0.15, 0.2) is 24.3 Å². The molecular formula is C17H27NO2. The largest absolute Gasteiger partial charge is 0.494 e. The molecule has 20 heavy (non-hydrogen) atoms. The van der Waals surface area contributed by atoms with E-state index in [0.717, 1.165) is 11.3 Å². The Morgan fingerprint density at radius 1 is 1.20 bits per heavy atom. The lowest BCUT2D eigenvalue weighted by Crippen LogP contribution is -2.41. The zero-order chi connectivity index (χ0) is 14.4. The van der Waals surface area contributed by atoms with E-state index >= 15 is 0 Å². The van der Waals surface area contributed by atoms with Gasteiger partial charge in [-0.05, 0) is 44.4 Å². The molecule has 0 amide bonds. The molecule has 1 saturated carbocycles. The average molecular weight is 277 g/mol. The molecule has 0 aliphatic heterocycles. The molecule has 112 valence electrons. The molecule has 0 aromatic heterocycles. The monoisotopic (exact) mass is 277 g/mol. The summed E-state index contributed by atoms with van der Waals surface area (Å²) in [6.07, 6.45) is 5.98. The normalized spacial score (nSPS) is 19.6. The predicted molar refractivity (Wildman–Crippen MR) is 82.0 cm³/mol. The van der Waals surface area contributed by atoms with Crippen LogP contribution in [0.4, 0.5) is 0 Å². The molecule has 3 nitrogen and oxygen atoms in total. The third kappa shape index (κ3) is 4.22. The molecule has 1 aliphatic carbocycles. The van der Waals surface area contributed by atoms with Crippen LogP contribution in [0.5, 0.6) is 5.75 Å². The van der Waals surface area contributed by atoms with Crippen LogP contribution < -0.4 is 10.1 Å². The minimum absolute atomic E-state index is 0.0797. The predicted octanol–water partition coefficient (Wildman–Crippen LogP) is 3.43. The van der Waals surface area contributed by atoms with Gasteiger partial charge in [-0.1, -0.05) is 31.4 Å². The van der Waals surface area contributed by atoms with Crippen LogP contribution in [-0.4, -0.2) is 23.8 Å². The number of ether oxygens (including phenoxy) is 1. The second-order valence-electron chi connectivity index (χ2n) is 5.74. The summed E-state index contributed by atoms with van der Waals surface area (Å²) in [5.74, 6) is 0.858. The van der Waals surface area contributed by atoms with Crippen molar-refractivity contribution in [2.24, 2.45) is 0 Å². The highest BCUT2D eigenvalue weighted by Gasteiger charge is 2.21. The fourth-order valence-electron chi connectivity index (χ4n) is 2.95. The lowest BCUT2D eigenvalue weighted by Gasteiger charge is -2.29. The molecule has 3 heteroatoms. The Balaban J connectivity index is 1.89. The van der Waals surface area contributed by atoms with Gasteiger partial charge in [0.15, 0.2) is 0 Å². The maximum Gasteiger partial charge on any atom is 0.119 e. The zero-order valence-corrected chi connectivity index (χ0v) is 12.6. The van der Waals surface area contributed by atoms with E-state index in [4.69, 9.17) is 4.74 Å². The Bertz CT molecular complexity index is 384. The van der Waals surface area contributed by atoms with E-state index in [0.29, 0.717) is 12.6 Å². The molecule has 0 saturated heterocycles. The molecule has 2 atom stereocenters. The maximum atomic E-state index is 10.4. The summed E-state index contributed by atoms with van der Waals surface area (Å²) >= 11 is 0. The van der Waals surface area contributed by atoms with Gasteiger partial charge < -0.3 is 15.2 Å². The van der Waals surface area contributed by atoms with Gasteiger partial charge in [0, 0.05) is 12.1 Å². The van der Waals surface area contributed by atoms with Gasteiger partial charge in [0.25, 0.3) is 0 Å². The van der Waals surface area contributed by atoms with E-state index in [-0.39, 0.29) is 6.04 Å². The Morgan fingerprint density at radius 2 is 1.85 bits per heavy atom. The van der Waals surface area contributed by atoms with Gasteiger partial charge in [-0.25, -0.2) is 0 Å². The molecule has 2 rings (SSSR count). The number of benzene rings is 1. The van der Waals surface area contributed by atoms with Gasteiger partial charge >= 0.3 is 0 Å². The number of aliphatic hydroxyl groups excluding tert-OH is 1. The SMILES string of the molecule is CCOc1ccc(C(O)C(C)NC2CCCCC2)cc1. The number of rotatable bonds is 6. The van der Waals surface area contributed by atoms with E-state index in [1.807, 2.05) is 31.2 Å². The third-order valence-electron chi connectivity index (χ3n) is 4.11. The molecule has 1 aromatic rings. The van der Waals surface area contributed by atoms with Gasteiger partial charge in [-0.15, -0.1) is 0 Å². The zero-order valence-electron chi connectivity index (χ0n) is 12.6. The topological polar surface area (TPSA) is 41.5 Å². The molecule has 2 N–H and O–H groups in total. The molecule has 2 unspecified atom stereocenters. The standard InChI is InChI=1S/C17H27NO2/c1-3-20-16-11-9-14(10-12-16)17(19)13(2)18-15-7-5-4-6-8-15/h9-13,15,17-19H,3-8H2,1-2H3. The van der Waals surface area contributed by atoms with Crippen molar-refractivity contribution < 1.29 is 9.84 Å². The van der Waals surface area contributed by atoms with Gasteiger partial charge in [0.05, 0.1) is 12.7 Å². The van der Waals surface area contributed by atoms with Crippen LogP contribution >= 0.6 is 0 Å². The lowest BCUT2D eigenvalue weighted by molar-refractivity contribution is 0.125. The average Bonchev–Trinajstić information content (AvgIpc) is 2.48. The van der Waals surface area contributed by atoms with E-state index in [1.165, 1.54) is 32.1 Å². The van der Waals surface area contributed by atoms with Crippen molar-refractivity contribution in [3.05, 3.63) is 29.8 Å².